The van der Waals surface area contributed by atoms with Crippen LogP contribution < -0.4 is 0 Å². The molecule has 2 atom stereocenters. The Labute approximate surface area is 167 Å². The van der Waals surface area contributed by atoms with E-state index in [-0.39, 0.29) is 5.92 Å². The molecule has 0 bridgehead atoms. The third-order valence-electron chi connectivity index (χ3n) is 6.25. The van der Waals surface area contributed by atoms with Crippen LogP contribution in [-0.4, -0.2) is 28.9 Å². The summed E-state index contributed by atoms with van der Waals surface area (Å²) in [6, 6.07) is 16.9. The van der Waals surface area contributed by atoms with Crippen molar-refractivity contribution in [1.82, 2.24) is 9.88 Å². The minimum atomic E-state index is 0.184. The first-order valence-corrected chi connectivity index (χ1v) is 10.6. The molecule has 138 valence electrons. The number of aromatic nitrogens is 1. The second kappa shape index (κ2) is 6.83. The van der Waals surface area contributed by atoms with Crippen LogP contribution in [0.1, 0.15) is 42.2 Å². The molecule has 3 aromatic rings. The van der Waals surface area contributed by atoms with Crippen molar-refractivity contribution < 1.29 is 4.79 Å². The monoisotopic (exact) mass is 422 g/mol. The molecule has 2 aliphatic rings. The van der Waals surface area contributed by atoms with E-state index in [2.05, 4.69) is 74.5 Å². The van der Waals surface area contributed by atoms with Crippen LogP contribution in [0, 0.1) is 5.92 Å². The second-order valence-electron chi connectivity index (χ2n) is 7.89. The minimum Gasteiger partial charge on any atom is -0.361 e. The molecular formula is C23H23BrN2O. The largest absolute Gasteiger partial charge is 0.361 e. The van der Waals surface area contributed by atoms with Gasteiger partial charge in [-0.2, -0.15) is 0 Å². The summed E-state index contributed by atoms with van der Waals surface area (Å²) in [5.41, 5.74) is 3.91. The van der Waals surface area contributed by atoms with Gasteiger partial charge in [0.1, 0.15) is 0 Å². The molecule has 2 heterocycles. The molecule has 4 heteroatoms. The summed E-state index contributed by atoms with van der Waals surface area (Å²) in [5, 5.41) is 1.33. The number of nitrogens with zero attached hydrogens (tertiary/aromatic N) is 1. The lowest BCUT2D eigenvalue weighted by molar-refractivity contribution is -0.133. The van der Waals surface area contributed by atoms with Gasteiger partial charge in [0, 0.05) is 40.6 Å². The van der Waals surface area contributed by atoms with Gasteiger partial charge in [0.15, 0.2) is 0 Å². The highest BCUT2D eigenvalue weighted by molar-refractivity contribution is 9.10. The molecule has 0 spiro atoms. The van der Waals surface area contributed by atoms with Gasteiger partial charge < -0.3 is 9.88 Å². The Morgan fingerprint density at radius 3 is 2.70 bits per heavy atom. The first-order valence-electron chi connectivity index (χ1n) is 9.81. The van der Waals surface area contributed by atoms with Crippen molar-refractivity contribution >= 4 is 32.7 Å². The molecule has 2 fully saturated rings. The fourth-order valence-corrected chi connectivity index (χ4v) is 5.07. The lowest BCUT2D eigenvalue weighted by atomic mass is 9.89. The van der Waals surface area contributed by atoms with Crippen molar-refractivity contribution in [3.05, 3.63) is 70.3 Å². The normalized spacial score (nSPS) is 22.9. The van der Waals surface area contributed by atoms with Gasteiger partial charge in [-0.25, -0.2) is 0 Å². The Morgan fingerprint density at radius 2 is 1.89 bits per heavy atom. The molecule has 1 aromatic heterocycles. The zero-order valence-electron chi connectivity index (χ0n) is 15.2. The molecule has 3 nitrogen and oxygen atoms in total. The first kappa shape index (κ1) is 17.1. The van der Waals surface area contributed by atoms with Crippen LogP contribution in [0.2, 0.25) is 0 Å². The SMILES string of the molecule is O=C(C1CC1c1cccc(Br)c1)N1CCC(c2c[nH]c3ccccc23)CC1. The maximum absolute atomic E-state index is 12.9. The average Bonchev–Trinajstić information content (AvgIpc) is 3.39. The number of carbonyl (C=O) groups excluding carboxylic acids is 1. The lowest BCUT2D eigenvalue weighted by Crippen LogP contribution is -2.39. The van der Waals surface area contributed by atoms with E-state index in [0.717, 1.165) is 36.8 Å². The Balaban J connectivity index is 1.23. The Hall–Kier alpha value is -2.07. The molecule has 1 aliphatic heterocycles. The summed E-state index contributed by atoms with van der Waals surface area (Å²) in [7, 11) is 0. The maximum atomic E-state index is 12.9. The average molecular weight is 423 g/mol. The van der Waals surface area contributed by atoms with Crippen molar-refractivity contribution in [3.8, 4) is 0 Å². The summed E-state index contributed by atoms with van der Waals surface area (Å²) >= 11 is 3.54. The fraction of sp³-hybridized carbons (Fsp3) is 0.348. The van der Waals surface area contributed by atoms with E-state index in [0.29, 0.717) is 17.7 Å². The number of halogens is 1. The molecule has 1 N–H and O–H groups in total. The van der Waals surface area contributed by atoms with E-state index in [1.807, 2.05) is 6.07 Å². The van der Waals surface area contributed by atoms with Gasteiger partial charge in [0.05, 0.1) is 0 Å². The highest BCUT2D eigenvalue weighted by atomic mass is 79.9. The Morgan fingerprint density at radius 1 is 1.07 bits per heavy atom. The predicted octanol–water partition coefficient (Wildman–Crippen LogP) is 5.44. The van der Waals surface area contributed by atoms with Gasteiger partial charge in [0.2, 0.25) is 5.91 Å². The van der Waals surface area contributed by atoms with E-state index < -0.39 is 0 Å². The number of piperidine rings is 1. The third kappa shape index (κ3) is 3.20. The number of nitrogens with one attached hydrogen (secondary N) is 1. The summed E-state index contributed by atoms with van der Waals surface area (Å²) in [6.07, 6.45) is 5.28. The highest BCUT2D eigenvalue weighted by Crippen LogP contribution is 2.49. The van der Waals surface area contributed by atoms with Gasteiger partial charge >= 0.3 is 0 Å². The van der Waals surface area contributed by atoms with Crippen LogP contribution in [0.4, 0.5) is 0 Å². The Bertz CT molecular complexity index is 987. The van der Waals surface area contributed by atoms with E-state index in [9.17, 15) is 4.79 Å². The van der Waals surface area contributed by atoms with Crippen LogP contribution in [0.15, 0.2) is 59.2 Å². The smallest absolute Gasteiger partial charge is 0.226 e. The van der Waals surface area contributed by atoms with Crippen molar-refractivity contribution in [1.29, 1.82) is 0 Å². The number of aromatic amines is 1. The van der Waals surface area contributed by atoms with Gasteiger partial charge in [-0.05, 0) is 60.4 Å². The zero-order chi connectivity index (χ0) is 18.4. The van der Waals surface area contributed by atoms with Crippen LogP contribution in [0.5, 0.6) is 0 Å². The first-order chi connectivity index (χ1) is 13.2. The van der Waals surface area contributed by atoms with Gasteiger partial charge in [0.25, 0.3) is 0 Å². The van der Waals surface area contributed by atoms with Crippen molar-refractivity contribution in [2.24, 2.45) is 5.92 Å². The maximum Gasteiger partial charge on any atom is 0.226 e. The molecule has 1 saturated carbocycles. The van der Waals surface area contributed by atoms with Gasteiger partial charge in [-0.15, -0.1) is 0 Å². The van der Waals surface area contributed by atoms with Crippen molar-refractivity contribution in [2.45, 2.75) is 31.1 Å². The number of H-pyrrole nitrogens is 1. The summed E-state index contributed by atoms with van der Waals surface area (Å²) < 4.78 is 1.10. The number of benzene rings is 2. The fourth-order valence-electron chi connectivity index (χ4n) is 4.65. The van der Waals surface area contributed by atoms with Crippen LogP contribution in [0.3, 0.4) is 0 Å². The van der Waals surface area contributed by atoms with Gasteiger partial charge in [-0.3, -0.25) is 4.79 Å². The molecule has 2 aromatic carbocycles. The van der Waals surface area contributed by atoms with E-state index >= 15 is 0 Å². The number of likely N-dealkylation sites (tertiary alicyclic amines) is 1. The molecule has 1 saturated heterocycles. The van der Waals surface area contributed by atoms with E-state index in [1.165, 1.54) is 22.0 Å². The van der Waals surface area contributed by atoms with E-state index in [1.54, 1.807) is 0 Å². The van der Waals surface area contributed by atoms with Crippen molar-refractivity contribution in [3.63, 3.8) is 0 Å². The van der Waals surface area contributed by atoms with E-state index in [4.69, 9.17) is 0 Å². The lowest BCUT2D eigenvalue weighted by Gasteiger charge is -2.32. The highest BCUT2D eigenvalue weighted by Gasteiger charge is 2.46. The molecular weight excluding hydrogens is 400 g/mol. The summed E-state index contributed by atoms with van der Waals surface area (Å²) in [5.74, 6) is 1.49. The number of amides is 1. The zero-order valence-corrected chi connectivity index (χ0v) is 16.8. The topological polar surface area (TPSA) is 36.1 Å². The summed E-state index contributed by atoms with van der Waals surface area (Å²) in [4.78, 5) is 18.4. The van der Waals surface area contributed by atoms with Crippen LogP contribution in [0.25, 0.3) is 10.9 Å². The number of rotatable bonds is 3. The molecule has 5 rings (SSSR count). The number of hydrogen-bond acceptors (Lipinski definition) is 1. The van der Waals surface area contributed by atoms with Crippen LogP contribution >= 0.6 is 15.9 Å². The van der Waals surface area contributed by atoms with Crippen LogP contribution in [-0.2, 0) is 4.79 Å². The quantitative estimate of drug-likeness (QED) is 0.598. The molecule has 27 heavy (non-hydrogen) atoms. The minimum absolute atomic E-state index is 0.184. The molecule has 2 unspecified atom stereocenters. The molecule has 1 amide bonds. The standard InChI is InChI=1S/C23H23BrN2O/c24-17-5-3-4-16(12-17)19-13-20(19)23(27)26-10-8-15(9-11-26)21-14-25-22-7-2-1-6-18(21)22/h1-7,12,14-15,19-20,25H,8-11,13H2. The number of fused-ring (bicyclic) bond motifs is 1. The number of para-hydroxylation sites is 1. The number of hydrogen-bond donors (Lipinski definition) is 1. The Kier molecular flexibility index (Phi) is 4.31. The van der Waals surface area contributed by atoms with Gasteiger partial charge in [-0.1, -0.05) is 46.3 Å². The molecule has 0 radical (unpaired) electrons. The second-order valence-corrected chi connectivity index (χ2v) is 8.81. The summed E-state index contributed by atoms with van der Waals surface area (Å²) in [6.45, 7) is 1.76. The van der Waals surface area contributed by atoms with Crippen molar-refractivity contribution in [2.75, 3.05) is 13.1 Å². The third-order valence-corrected chi connectivity index (χ3v) is 6.75. The predicted molar refractivity (Wildman–Crippen MR) is 112 cm³/mol. The number of carbonyl (C=O) groups is 1. The molecule has 1 aliphatic carbocycles.